The molecule has 1 N–H and O–H groups in total. The van der Waals surface area contributed by atoms with Crippen molar-refractivity contribution in [3.05, 3.63) is 16.1 Å². The molecule has 1 unspecified atom stereocenters. The van der Waals surface area contributed by atoms with E-state index in [2.05, 4.69) is 31.1 Å². The molecule has 1 heterocycles. The highest BCUT2D eigenvalue weighted by Gasteiger charge is 2.22. The van der Waals surface area contributed by atoms with E-state index in [-0.39, 0.29) is 0 Å². The van der Waals surface area contributed by atoms with Crippen LogP contribution in [-0.4, -0.2) is 11.0 Å². The van der Waals surface area contributed by atoms with Crippen LogP contribution in [0.15, 0.2) is 6.20 Å². The van der Waals surface area contributed by atoms with Crippen molar-refractivity contribution in [2.75, 3.05) is 0 Å². The molecule has 0 radical (unpaired) electrons. The van der Waals surface area contributed by atoms with Gasteiger partial charge < -0.3 is 5.32 Å². The lowest BCUT2D eigenvalue weighted by atomic mass is 9.84. The zero-order valence-electron chi connectivity index (χ0n) is 11.9. The Morgan fingerprint density at radius 1 is 1.33 bits per heavy atom. The number of hydrogen-bond donors (Lipinski definition) is 1. The normalized spacial score (nSPS) is 26.2. The fourth-order valence-corrected chi connectivity index (χ4v) is 3.72. The first-order chi connectivity index (χ1) is 8.72. The molecule has 1 aromatic heterocycles. The minimum atomic E-state index is 0.415. The van der Waals surface area contributed by atoms with Crippen LogP contribution in [0.5, 0.6) is 0 Å². The van der Waals surface area contributed by atoms with Crippen LogP contribution in [0.4, 0.5) is 0 Å². The van der Waals surface area contributed by atoms with Gasteiger partial charge in [-0.25, -0.2) is 4.98 Å². The van der Waals surface area contributed by atoms with E-state index in [9.17, 15) is 0 Å². The van der Waals surface area contributed by atoms with Gasteiger partial charge in [0.05, 0.1) is 6.04 Å². The van der Waals surface area contributed by atoms with Gasteiger partial charge in [0.25, 0.3) is 0 Å². The Balaban J connectivity index is 1.82. The predicted molar refractivity (Wildman–Crippen MR) is 79.1 cm³/mol. The summed E-state index contributed by atoms with van der Waals surface area (Å²) in [7, 11) is 0. The summed E-state index contributed by atoms with van der Waals surface area (Å²) in [5.74, 6) is 0.977. The molecule has 1 aliphatic carbocycles. The van der Waals surface area contributed by atoms with Gasteiger partial charge in [0.1, 0.15) is 5.01 Å². The largest absolute Gasteiger partial charge is 0.305 e. The van der Waals surface area contributed by atoms with Crippen LogP contribution < -0.4 is 5.32 Å². The van der Waals surface area contributed by atoms with Gasteiger partial charge in [0.15, 0.2) is 0 Å². The fourth-order valence-electron chi connectivity index (χ4n) is 2.85. The van der Waals surface area contributed by atoms with E-state index < -0.39 is 0 Å². The zero-order chi connectivity index (χ0) is 13.0. The van der Waals surface area contributed by atoms with Gasteiger partial charge in [0.2, 0.25) is 0 Å². The highest BCUT2D eigenvalue weighted by molar-refractivity contribution is 7.11. The molecule has 0 amide bonds. The first-order valence-electron chi connectivity index (χ1n) is 7.43. The molecule has 2 rings (SSSR count). The Morgan fingerprint density at radius 3 is 2.61 bits per heavy atom. The van der Waals surface area contributed by atoms with Crippen LogP contribution in [0.25, 0.3) is 0 Å². The van der Waals surface area contributed by atoms with E-state index in [1.807, 2.05) is 17.5 Å². The van der Waals surface area contributed by atoms with Crippen molar-refractivity contribution in [3.63, 3.8) is 0 Å². The SMILES string of the molecule is CCc1cnc(C(C)NC2CCC(CC)CC2)s1. The van der Waals surface area contributed by atoms with Gasteiger partial charge >= 0.3 is 0 Å². The standard InChI is InChI=1S/C15H26N2S/c1-4-12-6-8-13(9-7-12)17-11(3)15-16-10-14(5-2)18-15/h10-13,17H,4-9H2,1-3H3. The second kappa shape index (κ2) is 6.67. The minimum Gasteiger partial charge on any atom is -0.305 e. The van der Waals surface area contributed by atoms with Gasteiger partial charge in [-0.15, -0.1) is 11.3 Å². The van der Waals surface area contributed by atoms with Gasteiger partial charge in [-0.05, 0) is 44.9 Å². The molecule has 0 aliphatic heterocycles. The van der Waals surface area contributed by atoms with Crippen molar-refractivity contribution in [1.29, 1.82) is 0 Å². The highest BCUT2D eigenvalue weighted by atomic mass is 32.1. The third kappa shape index (κ3) is 3.55. The molecule has 102 valence electrons. The second-order valence-electron chi connectivity index (χ2n) is 5.53. The van der Waals surface area contributed by atoms with E-state index in [4.69, 9.17) is 0 Å². The monoisotopic (exact) mass is 266 g/mol. The summed E-state index contributed by atoms with van der Waals surface area (Å²) in [5.41, 5.74) is 0. The maximum Gasteiger partial charge on any atom is 0.109 e. The number of nitrogens with one attached hydrogen (secondary N) is 1. The molecule has 2 nitrogen and oxygen atoms in total. The summed E-state index contributed by atoms with van der Waals surface area (Å²) >= 11 is 1.86. The number of hydrogen-bond acceptors (Lipinski definition) is 3. The van der Waals surface area contributed by atoms with Crippen molar-refractivity contribution >= 4 is 11.3 Å². The molecular formula is C15H26N2S. The molecule has 0 saturated heterocycles. The Hall–Kier alpha value is -0.410. The molecule has 1 atom stereocenters. The first-order valence-corrected chi connectivity index (χ1v) is 8.25. The smallest absolute Gasteiger partial charge is 0.109 e. The van der Waals surface area contributed by atoms with Crippen molar-refractivity contribution in [3.8, 4) is 0 Å². The molecule has 0 spiro atoms. The zero-order valence-corrected chi connectivity index (χ0v) is 12.7. The summed E-state index contributed by atoms with van der Waals surface area (Å²) in [5, 5.41) is 5.02. The fraction of sp³-hybridized carbons (Fsp3) is 0.800. The van der Waals surface area contributed by atoms with Crippen molar-refractivity contribution < 1.29 is 0 Å². The summed E-state index contributed by atoms with van der Waals surface area (Å²) in [6.45, 7) is 6.77. The van der Waals surface area contributed by atoms with Crippen LogP contribution in [-0.2, 0) is 6.42 Å². The molecule has 0 aromatic carbocycles. The van der Waals surface area contributed by atoms with Gasteiger partial charge in [-0.3, -0.25) is 0 Å². The number of aryl methyl sites for hydroxylation is 1. The summed E-state index contributed by atoms with van der Waals surface area (Å²) < 4.78 is 0. The quantitative estimate of drug-likeness (QED) is 0.858. The van der Waals surface area contributed by atoms with Gasteiger partial charge in [-0.1, -0.05) is 20.3 Å². The lowest BCUT2D eigenvalue weighted by Gasteiger charge is -2.30. The molecule has 1 saturated carbocycles. The third-order valence-corrected chi connectivity index (χ3v) is 5.52. The maximum atomic E-state index is 4.54. The summed E-state index contributed by atoms with van der Waals surface area (Å²) in [6.07, 6.45) is 9.98. The van der Waals surface area contributed by atoms with Crippen LogP contribution in [0.1, 0.15) is 68.8 Å². The highest BCUT2D eigenvalue weighted by Crippen LogP contribution is 2.28. The van der Waals surface area contributed by atoms with Crippen molar-refractivity contribution in [2.45, 2.75) is 71.4 Å². The van der Waals surface area contributed by atoms with E-state index in [1.165, 1.54) is 42.0 Å². The van der Waals surface area contributed by atoms with Crippen LogP contribution in [0.3, 0.4) is 0 Å². The topological polar surface area (TPSA) is 24.9 Å². The number of nitrogens with zero attached hydrogens (tertiary/aromatic N) is 1. The van der Waals surface area contributed by atoms with E-state index in [0.29, 0.717) is 12.1 Å². The molecule has 1 aromatic rings. The predicted octanol–water partition coefficient (Wildman–Crippen LogP) is 4.32. The molecule has 3 heteroatoms. The Bertz CT molecular complexity index is 353. The van der Waals surface area contributed by atoms with Crippen LogP contribution in [0, 0.1) is 5.92 Å². The number of rotatable bonds is 5. The molecule has 18 heavy (non-hydrogen) atoms. The van der Waals surface area contributed by atoms with E-state index >= 15 is 0 Å². The van der Waals surface area contributed by atoms with Crippen molar-refractivity contribution in [1.82, 2.24) is 10.3 Å². The summed E-state index contributed by atoms with van der Waals surface area (Å²) in [4.78, 5) is 5.94. The lowest BCUT2D eigenvalue weighted by molar-refractivity contribution is 0.273. The Labute approximate surface area is 115 Å². The molecule has 1 fully saturated rings. The van der Waals surface area contributed by atoms with Gasteiger partial charge in [-0.2, -0.15) is 0 Å². The molecular weight excluding hydrogens is 240 g/mol. The molecule has 1 aliphatic rings. The van der Waals surface area contributed by atoms with E-state index in [0.717, 1.165) is 12.3 Å². The summed E-state index contributed by atoms with van der Waals surface area (Å²) in [6, 6.07) is 1.12. The van der Waals surface area contributed by atoms with Crippen molar-refractivity contribution in [2.24, 2.45) is 5.92 Å². The van der Waals surface area contributed by atoms with Crippen LogP contribution in [0.2, 0.25) is 0 Å². The average molecular weight is 266 g/mol. The number of aromatic nitrogens is 1. The van der Waals surface area contributed by atoms with Crippen LogP contribution >= 0.6 is 11.3 Å². The second-order valence-corrected chi connectivity index (χ2v) is 6.68. The van der Waals surface area contributed by atoms with E-state index in [1.54, 1.807) is 0 Å². The Kier molecular flexibility index (Phi) is 5.19. The minimum absolute atomic E-state index is 0.415. The third-order valence-electron chi connectivity index (χ3n) is 4.20. The lowest BCUT2D eigenvalue weighted by Crippen LogP contribution is -2.34. The average Bonchev–Trinajstić information content (AvgIpc) is 2.88. The molecule has 0 bridgehead atoms. The maximum absolute atomic E-state index is 4.54. The number of thiazole rings is 1. The first kappa shape index (κ1) is 14.0. The Morgan fingerprint density at radius 2 is 2.06 bits per heavy atom. The van der Waals surface area contributed by atoms with Gasteiger partial charge in [0, 0.05) is 17.1 Å².